The van der Waals surface area contributed by atoms with Crippen LogP contribution in [-0.4, -0.2) is 13.1 Å². The van der Waals surface area contributed by atoms with E-state index in [9.17, 15) is 4.79 Å². The van der Waals surface area contributed by atoms with Crippen molar-refractivity contribution in [2.24, 2.45) is 5.41 Å². The molecule has 0 heterocycles. The lowest BCUT2D eigenvalue weighted by Crippen LogP contribution is -2.28. The van der Waals surface area contributed by atoms with Gasteiger partial charge in [0.2, 0.25) is 0 Å². The molecule has 1 unspecified atom stereocenters. The molecular weight excluding hydrogens is 252 g/mol. The maximum absolute atomic E-state index is 12.3. The Morgan fingerprint density at radius 1 is 1.40 bits per heavy atom. The minimum atomic E-state index is -0.413. The standard InChI is InChI=1S/C17H24O3/c1-5-17(2,3)16(18)20-15-8-6-7-12-11-13(19-4)9-10-14(12)15/h9-11,15H,5-8H2,1-4H3. The monoisotopic (exact) mass is 276 g/mol. The summed E-state index contributed by atoms with van der Waals surface area (Å²) in [5, 5.41) is 0. The second-order valence-electron chi connectivity index (χ2n) is 6.09. The van der Waals surface area contributed by atoms with Gasteiger partial charge in [0.1, 0.15) is 11.9 Å². The molecule has 20 heavy (non-hydrogen) atoms. The summed E-state index contributed by atoms with van der Waals surface area (Å²) in [6.45, 7) is 5.89. The van der Waals surface area contributed by atoms with E-state index < -0.39 is 5.41 Å². The third-order valence-corrected chi connectivity index (χ3v) is 4.30. The summed E-state index contributed by atoms with van der Waals surface area (Å²) < 4.78 is 11.0. The van der Waals surface area contributed by atoms with Crippen molar-refractivity contribution in [2.45, 2.75) is 52.6 Å². The number of methoxy groups -OCH3 is 1. The van der Waals surface area contributed by atoms with Crippen LogP contribution in [0, 0.1) is 5.41 Å². The van der Waals surface area contributed by atoms with Gasteiger partial charge in [0.05, 0.1) is 12.5 Å². The molecule has 110 valence electrons. The number of aryl methyl sites for hydroxylation is 1. The predicted octanol–water partition coefficient (Wildman–Crippen LogP) is 4.05. The number of ether oxygens (including phenoxy) is 2. The van der Waals surface area contributed by atoms with Crippen LogP contribution in [0.4, 0.5) is 0 Å². The highest BCUT2D eigenvalue weighted by Crippen LogP contribution is 2.36. The zero-order chi connectivity index (χ0) is 14.8. The first-order valence-electron chi connectivity index (χ1n) is 7.36. The van der Waals surface area contributed by atoms with Crippen LogP contribution in [0.3, 0.4) is 0 Å². The minimum Gasteiger partial charge on any atom is -0.497 e. The van der Waals surface area contributed by atoms with Gasteiger partial charge < -0.3 is 9.47 Å². The molecule has 1 aromatic carbocycles. The van der Waals surface area contributed by atoms with Crippen LogP contribution in [0.25, 0.3) is 0 Å². The van der Waals surface area contributed by atoms with Gasteiger partial charge in [-0.15, -0.1) is 0 Å². The van der Waals surface area contributed by atoms with Crippen molar-refractivity contribution >= 4 is 5.97 Å². The van der Waals surface area contributed by atoms with Crippen molar-refractivity contribution in [3.63, 3.8) is 0 Å². The molecule has 0 aromatic heterocycles. The molecule has 0 bridgehead atoms. The van der Waals surface area contributed by atoms with Gasteiger partial charge in [-0.25, -0.2) is 0 Å². The average Bonchev–Trinajstić information content (AvgIpc) is 2.46. The molecule has 0 N–H and O–H groups in total. The second kappa shape index (κ2) is 5.86. The Balaban J connectivity index is 2.19. The van der Waals surface area contributed by atoms with Gasteiger partial charge in [0, 0.05) is 0 Å². The smallest absolute Gasteiger partial charge is 0.312 e. The molecule has 0 radical (unpaired) electrons. The summed E-state index contributed by atoms with van der Waals surface area (Å²) in [6.07, 6.45) is 3.66. The quantitative estimate of drug-likeness (QED) is 0.778. The van der Waals surface area contributed by atoms with Crippen molar-refractivity contribution in [1.82, 2.24) is 0 Å². The van der Waals surface area contributed by atoms with Crippen LogP contribution in [0.2, 0.25) is 0 Å². The van der Waals surface area contributed by atoms with Crippen LogP contribution >= 0.6 is 0 Å². The highest BCUT2D eigenvalue weighted by Gasteiger charge is 2.31. The number of esters is 1. The van der Waals surface area contributed by atoms with Gasteiger partial charge in [-0.3, -0.25) is 4.79 Å². The highest BCUT2D eigenvalue weighted by atomic mass is 16.5. The summed E-state index contributed by atoms with van der Waals surface area (Å²) >= 11 is 0. The molecule has 3 nitrogen and oxygen atoms in total. The third kappa shape index (κ3) is 2.97. The van der Waals surface area contributed by atoms with Crippen molar-refractivity contribution in [3.8, 4) is 5.75 Å². The molecule has 2 rings (SSSR count). The van der Waals surface area contributed by atoms with Crippen molar-refractivity contribution in [3.05, 3.63) is 29.3 Å². The van der Waals surface area contributed by atoms with E-state index in [0.29, 0.717) is 0 Å². The highest BCUT2D eigenvalue weighted by molar-refractivity contribution is 5.76. The van der Waals surface area contributed by atoms with Gasteiger partial charge in [-0.05, 0) is 62.8 Å². The molecule has 1 atom stereocenters. The number of hydrogen-bond acceptors (Lipinski definition) is 3. The molecule has 0 spiro atoms. The lowest BCUT2D eigenvalue weighted by atomic mass is 9.87. The van der Waals surface area contributed by atoms with E-state index >= 15 is 0 Å². The molecule has 1 aliphatic rings. The Kier molecular flexibility index (Phi) is 4.36. The summed E-state index contributed by atoms with van der Waals surface area (Å²) in [5.41, 5.74) is 1.96. The Labute approximate surface area is 121 Å². The Hall–Kier alpha value is -1.51. The third-order valence-electron chi connectivity index (χ3n) is 4.30. The molecule has 3 heteroatoms. The van der Waals surface area contributed by atoms with Crippen molar-refractivity contribution in [2.75, 3.05) is 7.11 Å². The normalized spacial score (nSPS) is 18.3. The van der Waals surface area contributed by atoms with Gasteiger partial charge >= 0.3 is 5.97 Å². The molecule has 0 aliphatic heterocycles. The predicted molar refractivity (Wildman–Crippen MR) is 78.8 cm³/mol. The van der Waals surface area contributed by atoms with Crippen molar-refractivity contribution in [1.29, 1.82) is 0 Å². The van der Waals surface area contributed by atoms with E-state index in [-0.39, 0.29) is 12.1 Å². The maximum Gasteiger partial charge on any atom is 0.312 e. The lowest BCUT2D eigenvalue weighted by Gasteiger charge is -2.29. The van der Waals surface area contributed by atoms with Crippen LogP contribution in [0.15, 0.2) is 18.2 Å². The summed E-state index contributed by atoms with van der Waals surface area (Å²) in [6, 6.07) is 6.03. The number of benzene rings is 1. The van der Waals surface area contributed by atoms with Gasteiger partial charge in [0.15, 0.2) is 0 Å². The van der Waals surface area contributed by atoms with E-state index in [1.807, 2.05) is 32.9 Å². The number of rotatable bonds is 4. The number of hydrogen-bond donors (Lipinski definition) is 0. The van der Waals surface area contributed by atoms with Crippen molar-refractivity contribution < 1.29 is 14.3 Å². The molecule has 0 fully saturated rings. The Morgan fingerprint density at radius 2 is 2.15 bits per heavy atom. The fraction of sp³-hybridized carbons (Fsp3) is 0.588. The first-order valence-corrected chi connectivity index (χ1v) is 7.36. The van der Waals surface area contributed by atoms with E-state index in [1.165, 1.54) is 5.56 Å². The van der Waals surface area contributed by atoms with Crippen LogP contribution in [-0.2, 0) is 16.0 Å². The number of carbonyl (C=O) groups is 1. The molecular formula is C17H24O3. The van der Waals surface area contributed by atoms with E-state index in [4.69, 9.17) is 9.47 Å². The lowest BCUT2D eigenvalue weighted by molar-refractivity contribution is -0.161. The fourth-order valence-electron chi connectivity index (χ4n) is 2.43. The molecule has 0 saturated heterocycles. The minimum absolute atomic E-state index is 0.103. The molecule has 1 aliphatic carbocycles. The maximum atomic E-state index is 12.3. The van der Waals surface area contributed by atoms with Gasteiger partial charge in [0.25, 0.3) is 0 Å². The molecule has 1 aromatic rings. The fourth-order valence-corrected chi connectivity index (χ4v) is 2.43. The zero-order valence-electron chi connectivity index (χ0n) is 12.9. The average molecular weight is 276 g/mol. The zero-order valence-corrected chi connectivity index (χ0v) is 12.9. The molecule has 0 saturated carbocycles. The number of fused-ring (bicyclic) bond motifs is 1. The van der Waals surface area contributed by atoms with E-state index in [2.05, 4.69) is 6.07 Å². The van der Waals surface area contributed by atoms with Crippen LogP contribution < -0.4 is 4.74 Å². The van der Waals surface area contributed by atoms with Gasteiger partial charge in [-0.2, -0.15) is 0 Å². The summed E-state index contributed by atoms with van der Waals surface area (Å²) in [7, 11) is 1.67. The topological polar surface area (TPSA) is 35.5 Å². The molecule has 0 amide bonds. The first kappa shape index (κ1) is 14.9. The van der Waals surface area contributed by atoms with Gasteiger partial charge in [-0.1, -0.05) is 13.0 Å². The first-order chi connectivity index (χ1) is 9.47. The van der Waals surface area contributed by atoms with Crippen LogP contribution in [0.1, 0.15) is 57.3 Å². The second-order valence-corrected chi connectivity index (χ2v) is 6.09. The Morgan fingerprint density at radius 3 is 2.80 bits per heavy atom. The van der Waals surface area contributed by atoms with E-state index in [1.54, 1.807) is 7.11 Å². The largest absolute Gasteiger partial charge is 0.497 e. The van der Waals surface area contributed by atoms with E-state index in [0.717, 1.165) is 37.0 Å². The van der Waals surface area contributed by atoms with Crippen LogP contribution in [0.5, 0.6) is 5.75 Å². The summed E-state index contributed by atoms with van der Waals surface area (Å²) in [4.78, 5) is 12.3. The Bertz CT molecular complexity index is 491. The SMILES string of the molecule is CCC(C)(C)C(=O)OC1CCCc2cc(OC)ccc21. The summed E-state index contributed by atoms with van der Waals surface area (Å²) in [5.74, 6) is 0.762. The number of carbonyl (C=O) groups excluding carboxylic acids is 1.